The number of rotatable bonds is 3. The van der Waals surface area contributed by atoms with Crippen molar-refractivity contribution in [3.8, 4) is 5.75 Å². The van der Waals surface area contributed by atoms with Crippen LogP contribution in [0.1, 0.15) is 35.2 Å². The van der Waals surface area contributed by atoms with Gasteiger partial charge in [0.1, 0.15) is 5.75 Å². The lowest BCUT2D eigenvalue weighted by molar-refractivity contribution is 0.0945. The average molecular weight is 268 g/mol. The van der Waals surface area contributed by atoms with E-state index in [0.29, 0.717) is 23.6 Å². The van der Waals surface area contributed by atoms with Crippen LogP contribution in [0, 0.1) is 12.8 Å². The number of phenols is 1. The standard InChI is InChI=1S/C14H18ClNO2/c1-9-4-2-6-11(13(9)17)14(18)16-8-10-5-3-7-12(10)15/h2,4,6,10,12,17H,3,5,7-8H2,1H3,(H,16,18). The zero-order chi connectivity index (χ0) is 13.1. The lowest BCUT2D eigenvalue weighted by Gasteiger charge is -2.15. The van der Waals surface area contributed by atoms with Crippen LogP contribution in [-0.4, -0.2) is 22.9 Å². The first-order chi connectivity index (χ1) is 8.59. The second kappa shape index (κ2) is 5.61. The van der Waals surface area contributed by atoms with Crippen molar-refractivity contribution >= 4 is 17.5 Å². The zero-order valence-electron chi connectivity index (χ0n) is 10.4. The smallest absolute Gasteiger partial charge is 0.255 e. The van der Waals surface area contributed by atoms with Crippen LogP contribution in [-0.2, 0) is 0 Å². The summed E-state index contributed by atoms with van der Waals surface area (Å²) in [5.41, 5.74) is 1.04. The van der Waals surface area contributed by atoms with Crippen molar-refractivity contribution in [3.63, 3.8) is 0 Å². The molecule has 2 unspecified atom stereocenters. The Bertz CT molecular complexity index is 447. The lowest BCUT2D eigenvalue weighted by Crippen LogP contribution is -2.31. The molecule has 0 bridgehead atoms. The van der Waals surface area contributed by atoms with Gasteiger partial charge in [0, 0.05) is 11.9 Å². The molecule has 1 aromatic rings. The SMILES string of the molecule is Cc1cccc(C(=O)NCC2CCCC2Cl)c1O. The number of para-hydroxylation sites is 1. The van der Waals surface area contributed by atoms with Crippen molar-refractivity contribution in [2.24, 2.45) is 5.92 Å². The monoisotopic (exact) mass is 267 g/mol. The Balaban J connectivity index is 1.97. The molecule has 18 heavy (non-hydrogen) atoms. The number of aryl methyl sites for hydroxylation is 1. The van der Waals surface area contributed by atoms with Crippen LogP contribution in [0.2, 0.25) is 0 Å². The third-order valence-electron chi connectivity index (χ3n) is 3.57. The first-order valence-electron chi connectivity index (χ1n) is 6.30. The first-order valence-corrected chi connectivity index (χ1v) is 6.74. The summed E-state index contributed by atoms with van der Waals surface area (Å²) in [7, 11) is 0. The number of carbonyl (C=O) groups is 1. The summed E-state index contributed by atoms with van der Waals surface area (Å²) in [4.78, 5) is 12.0. The predicted molar refractivity (Wildman–Crippen MR) is 72.2 cm³/mol. The molecule has 2 atom stereocenters. The minimum Gasteiger partial charge on any atom is -0.507 e. The maximum Gasteiger partial charge on any atom is 0.255 e. The van der Waals surface area contributed by atoms with Crippen LogP contribution in [0.15, 0.2) is 18.2 Å². The van der Waals surface area contributed by atoms with Crippen LogP contribution < -0.4 is 5.32 Å². The molecule has 2 rings (SSSR count). The molecule has 1 amide bonds. The van der Waals surface area contributed by atoms with Gasteiger partial charge in [-0.05, 0) is 37.3 Å². The summed E-state index contributed by atoms with van der Waals surface area (Å²) in [5, 5.41) is 12.8. The van der Waals surface area contributed by atoms with E-state index in [2.05, 4.69) is 5.32 Å². The van der Waals surface area contributed by atoms with Crippen LogP contribution in [0.4, 0.5) is 0 Å². The Hall–Kier alpha value is -1.22. The number of hydrogen-bond donors (Lipinski definition) is 2. The Kier molecular flexibility index (Phi) is 4.12. The van der Waals surface area contributed by atoms with Gasteiger partial charge in [0.05, 0.1) is 5.56 Å². The highest BCUT2D eigenvalue weighted by Gasteiger charge is 2.25. The molecule has 1 saturated carbocycles. The van der Waals surface area contributed by atoms with Crippen LogP contribution in [0.25, 0.3) is 0 Å². The third kappa shape index (κ3) is 2.78. The number of nitrogens with one attached hydrogen (secondary N) is 1. The summed E-state index contributed by atoms with van der Waals surface area (Å²) in [6.07, 6.45) is 3.22. The van der Waals surface area contributed by atoms with E-state index in [0.717, 1.165) is 19.3 Å². The summed E-state index contributed by atoms with van der Waals surface area (Å²) >= 11 is 6.16. The number of carbonyl (C=O) groups excluding carboxylic acids is 1. The highest BCUT2D eigenvalue weighted by atomic mass is 35.5. The van der Waals surface area contributed by atoms with Gasteiger partial charge in [-0.3, -0.25) is 4.79 Å². The topological polar surface area (TPSA) is 49.3 Å². The molecule has 0 aromatic heterocycles. The summed E-state index contributed by atoms with van der Waals surface area (Å²) in [6.45, 7) is 2.36. The second-order valence-electron chi connectivity index (χ2n) is 4.89. The molecule has 2 N–H and O–H groups in total. The first kappa shape index (κ1) is 13.2. The maximum atomic E-state index is 12.0. The van der Waals surface area contributed by atoms with Crippen LogP contribution >= 0.6 is 11.6 Å². The van der Waals surface area contributed by atoms with Crippen molar-refractivity contribution < 1.29 is 9.90 Å². The van der Waals surface area contributed by atoms with E-state index in [9.17, 15) is 9.90 Å². The molecule has 0 spiro atoms. The molecular weight excluding hydrogens is 250 g/mol. The van der Waals surface area contributed by atoms with E-state index in [4.69, 9.17) is 11.6 Å². The summed E-state index contributed by atoms with van der Waals surface area (Å²) in [6, 6.07) is 5.17. The van der Waals surface area contributed by atoms with Gasteiger partial charge >= 0.3 is 0 Å². The maximum absolute atomic E-state index is 12.0. The Labute approximate surface area is 112 Å². The Morgan fingerprint density at radius 3 is 2.94 bits per heavy atom. The van der Waals surface area contributed by atoms with Gasteiger partial charge in [0.25, 0.3) is 5.91 Å². The normalized spacial score (nSPS) is 23.0. The number of halogens is 1. The predicted octanol–water partition coefficient (Wildman–Crippen LogP) is 2.84. The highest BCUT2D eigenvalue weighted by molar-refractivity contribution is 6.21. The Morgan fingerprint density at radius 2 is 2.28 bits per heavy atom. The van der Waals surface area contributed by atoms with Gasteiger partial charge < -0.3 is 10.4 Å². The fourth-order valence-electron chi connectivity index (χ4n) is 2.38. The number of benzene rings is 1. The Morgan fingerprint density at radius 1 is 1.50 bits per heavy atom. The van der Waals surface area contributed by atoms with E-state index >= 15 is 0 Å². The molecule has 1 aliphatic carbocycles. The summed E-state index contributed by atoms with van der Waals surface area (Å²) in [5.74, 6) is 0.179. The molecule has 0 heterocycles. The fourth-order valence-corrected chi connectivity index (χ4v) is 2.75. The molecular formula is C14H18ClNO2. The van der Waals surface area contributed by atoms with Crippen molar-refractivity contribution in [2.45, 2.75) is 31.6 Å². The molecule has 1 fully saturated rings. The van der Waals surface area contributed by atoms with E-state index in [-0.39, 0.29) is 17.0 Å². The van der Waals surface area contributed by atoms with E-state index in [1.54, 1.807) is 25.1 Å². The van der Waals surface area contributed by atoms with Crippen molar-refractivity contribution in [3.05, 3.63) is 29.3 Å². The highest BCUT2D eigenvalue weighted by Crippen LogP contribution is 2.29. The number of amides is 1. The van der Waals surface area contributed by atoms with Gasteiger partial charge in [0.15, 0.2) is 0 Å². The van der Waals surface area contributed by atoms with E-state index in [1.165, 1.54) is 0 Å². The van der Waals surface area contributed by atoms with E-state index in [1.807, 2.05) is 0 Å². The summed E-state index contributed by atoms with van der Waals surface area (Å²) < 4.78 is 0. The molecule has 0 saturated heterocycles. The van der Waals surface area contributed by atoms with Gasteiger partial charge in [-0.2, -0.15) is 0 Å². The number of alkyl halides is 1. The molecule has 3 nitrogen and oxygen atoms in total. The van der Waals surface area contributed by atoms with E-state index < -0.39 is 0 Å². The lowest BCUT2D eigenvalue weighted by atomic mass is 10.1. The van der Waals surface area contributed by atoms with Crippen molar-refractivity contribution in [1.82, 2.24) is 5.32 Å². The number of aromatic hydroxyl groups is 1. The van der Waals surface area contributed by atoms with Gasteiger partial charge in [-0.15, -0.1) is 11.6 Å². The van der Waals surface area contributed by atoms with Gasteiger partial charge in [-0.25, -0.2) is 0 Å². The largest absolute Gasteiger partial charge is 0.507 e. The average Bonchev–Trinajstić information content (AvgIpc) is 2.75. The van der Waals surface area contributed by atoms with Crippen LogP contribution in [0.5, 0.6) is 5.75 Å². The zero-order valence-corrected chi connectivity index (χ0v) is 11.2. The molecule has 1 aliphatic rings. The van der Waals surface area contributed by atoms with Crippen molar-refractivity contribution in [2.75, 3.05) is 6.54 Å². The second-order valence-corrected chi connectivity index (χ2v) is 5.45. The fraction of sp³-hybridized carbons (Fsp3) is 0.500. The molecule has 0 radical (unpaired) electrons. The van der Waals surface area contributed by atoms with Crippen LogP contribution in [0.3, 0.4) is 0 Å². The number of phenolic OH excluding ortho intramolecular Hbond substituents is 1. The quantitative estimate of drug-likeness (QED) is 0.828. The molecule has 0 aliphatic heterocycles. The molecule has 1 aromatic carbocycles. The van der Waals surface area contributed by atoms with Gasteiger partial charge in [0.2, 0.25) is 0 Å². The molecule has 98 valence electrons. The minimum atomic E-state index is -0.230. The van der Waals surface area contributed by atoms with Crippen molar-refractivity contribution in [1.29, 1.82) is 0 Å². The molecule has 4 heteroatoms. The minimum absolute atomic E-state index is 0.0591. The third-order valence-corrected chi connectivity index (χ3v) is 4.15. The number of hydrogen-bond acceptors (Lipinski definition) is 2. The van der Waals surface area contributed by atoms with Gasteiger partial charge in [-0.1, -0.05) is 18.6 Å².